The number of ketones is 1. The van der Waals surface area contributed by atoms with Crippen LogP contribution in [0.4, 0.5) is 0 Å². The fraction of sp³-hybridized carbons (Fsp3) is 0.278. The van der Waals surface area contributed by atoms with Gasteiger partial charge in [-0.15, -0.1) is 21.5 Å². The van der Waals surface area contributed by atoms with Crippen molar-refractivity contribution in [3.8, 4) is 16.4 Å². The Bertz CT molecular complexity index is 827. The highest BCUT2D eigenvalue weighted by Gasteiger charge is 2.27. The molecule has 0 spiro atoms. The Morgan fingerprint density at radius 1 is 1.08 bits per heavy atom. The maximum Gasteiger partial charge on any atom is 0.196 e. The summed E-state index contributed by atoms with van der Waals surface area (Å²) in [7, 11) is 0. The van der Waals surface area contributed by atoms with Gasteiger partial charge >= 0.3 is 0 Å². The van der Waals surface area contributed by atoms with Crippen LogP contribution >= 0.6 is 23.1 Å². The minimum Gasteiger partial charge on any atom is -0.298 e. The molecule has 1 unspecified atom stereocenters. The van der Waals surface area contributed by atoms with Crippen LogP contribution in [-0.2, 0) is 4.79 Å². The third-order valence-corrected chi connectivity index (χ3v) is 6.26. The topological polar surface area (TPSA) is 47.8 Å². The molecule has 24 heavy (non-hydrogen) atoms. The van der Waals surface area contributed by atoms with E-state index in [0.29, 0.717) is 12.2 Å². The van der Waals surface area contributed by atoms with Gasteiger partial charge in [-0.2, -0.15) is 0 Å². The van der Waals surface area contributed by atoms with Crippen LogP contribution in [0.5, 0.6) is 0 Å². The van der Waals surface area contributed by atoms with Crippen LogP contribution in [0.15, 0.2) is 53.0 Å². The molecule has 6 heteroatoms. The lowest BCUT2D eigenvalue weighted by atomic mass is 9.99. The molecule has 4 nitrogen and oxygen atoms in total. The van der Waals surface area contributed by atoms with E-state index in [1.165, 1.54) is 0 Å². The number of aromatic nitrogens is 3. The average molecular weight is 355 g/mol. The van der Waals surface area contributed by atoms with Crippen LogP contribution in [0.25, 0.3) is 16.4 Å². The van der Waals surface area contributed by atoms with E-state index in [-0.39, 0.29) is 5.25 Å². The monoisotopic (exact) mass is 355 g/mol. The van der Waals surface area contributed by atoms with E-state index in [0.717, 1.165) is 40.8 Å². The lowest BCUT2D eigenvalue weighted by Gasteiger charge is -2.19. The Morgan fingerprint density at radius 2 is 1.96 bits per heavy atom. The Kier molecular flexibility index (Phi) is 4.49. The number of Topliss-reactive ketones (excluding diaryl/α,β-unsaturated/α-hetero) is 1. The van der Waals surface area contributed by atoms with Crippen LogP contribution in [0, 0.1) is 0 Å². The number of hydrogen-bond donors (Lipinski definition) is 0. The number of benzene rings is 1. The summed E-state index contributed by atoms with van der Waals surface area (Å²) in [5.41, 5.74) is 1.02. The summed E-state index contributed by atoms with van der Waals surface area (Å²) in [6, 6.07) is 14.2. The molecule has 4 rings (SSSR count). The van der Waals surface area contributed by atoms with Crippen LogP contribution < -0.4 is 0 Å². The molecule has 0 aliphatic heterocycles. The highest BCUT2D eigenvalue weighted by molar-refractivity contribution is 8.00. The van der Waals surface area contributed by atoms with Gasteiger partial charge in [0, 0.05) is 12.1 Å². The quantitative estimate of drug-likeness (QED) is 0.686. The fourth-order valence-corrected chi connectivity index (χ4v) is 4.80. The largest absolute Gasteiger partial charge is 0.298 e. The Labute approximate surface area is 148 Å². The molecule has 0 saturated heterocycles. The predicted molar refractivity (Wildman–Crippen MR) is 97.8 cm³/mol. The number of rotatable bonds is 4. The molecular weight excluding hydrogens is 338 g/mol. The van der Waals surface area contributed by atoms with E-state index in [2.05, 4.69) is 14.8 Å². The molecule has 1 saturated carbocycles. The van der Waals surface area contributed by atoms with Crippen molar-refractivity contribution in [2.45, 2.75) is 36.1 Å². The van der Waals surface area contributed by atoms with E-state index in [9.17, 15) is 4.79 Å². The first-order chi connectivity index (χ1) is 11.8. The lowest BCUT2D eigenvalue weighted by molar-refractivity contribution is -0.119. The molecule has 0 amide bonds. The summed E-state index contributed by atoms with van der Waals surface area (Å²) in [4.78, 5) is 13.3. The molecule has 1 aliphatic carbocycles. The zero-order valence-electron chi connectivity index (χ0n) is 13.1. The standard InChI is InChI=1S/C18H17N3OS2/c22-14-9-4-5-10-15(14)24-18-20-19-17(16-11-6-12-23-16)21(18)13-7-2-1-3-8-13/h1-3,6-8,11-12,15H,4-5,9-10H2. The number of para-hydroxylation sites is 1. The second-order valence-corrected chi connectivity index (χ2v) is 7.89. The van der Waals surface area contributed by atoms with Crippen LogP contribution in [0.3, 0.4) is 0 Å². The zero-order chi connectivity index (χ0) is 16.4. The van der Waals surface area contributed by atoms with Crippen LogP contribution in [0.2, 0.25) is 0 Å². The van der Waals surface area contributed by atoms with Crippen molar-refractivity contribution >= 4 is 28.9 Å². The minimum atomic E-state index is 0.00148. The molecule has 0 N–H and O–H groups in total. The van der Waals surface area contributed by atoms with Crippen molar-refractivity contribution in [2.24, 2.45) is 0 Å². The first-order valence-corrected chi connectivity index (χ1v) is 9.83. The number of thioether (sulfide) groups is 1. The SMILES string of the molecule is O=C1CCCCC1Sc1nnc(-c2cccs2)n1-c1ccccc1. The van der Waals surface area contributed by atoms with Gasteiger partial charge in [-0.05, 0) is 36.4 Å². The zero-order valence-corrected chi connectivity index (χ0v) is 14.7. The molecule has 2 aromatic heterocycles. The molecule has 2 heterocycles. The van der Waals surface area contributed by atoms with Gasteiger partial charge in [0.15, 0.2) is 11.0 Å². The molecule has 122 valence electrons. The summed E-state index contributed by atoms with van der Waals surface area (Å²) in [6.45, 7) is 0. The van der Waals surface area contributed by atoms with Gasteiger partial charge in [0.05, 0.1) is 10.1 Å². The molecule has 1 fully saturated rings. The van der Waals surface area contributed by atoms with Gasteiger partial charge in [-0.1, -0.05) is 42.4 Å². The van der Waals surface area contributed by atoms with Crippen molar-refractivity contribution in [1.82, 2.24) is 14.8 Å². The van der Waals surface area contributed by atoms with E-state index in [1.807, 2.05) is 47.8 Å². The first kappa shape index (κ1) is 15.6. The molecule has 0 radical (unpaired) electrons. The molecule has 1 atom stereocenters. The Hall–Kier alpha value is -1.92. The van der Waals surface area contributed by atoms with E-state index in [4.69, 9.17) is 0 Å². The Balaban J connectivity index is 1.75. The molecule has 3 aromatic rings. The van der Waals surface area contributed by atoms with E-state index >= 15 is 0 Å². The van der Waals surface area contributed by atoms with E-state index < -0.39 is 0 Å². The van der Waals surface area contributed by atoms with Gasteiger partial charge in [0.1, 0.15) is 5.78 Å². The van der Waals surface area contributed by atoms with Crippen molar-refractivity contribution in [1.29, 1.82) is 0 Å². The highest BCUT2D eigenvalue weighted by atomic mass is 32.2. The maximum atomic E-state index is 12.2. The maximum absolute atomic E-state index is 12.2. The van der Waals surface area contributed by atoms with Crippen LogP contribution in [0.1, 0.15) is 25.7 Å². The number of hydrogen-bond acceptors (Lipinski definition) is 5. The van der Waals surface area contributed by atoms with Gasteiger partial charge < -0.3 is 0 Å². The van der Waals surface area contributed by atoms with E-state index in [1.54, 1.807) is 23.1 Å². The third-order valence-electron chi connectivity index (χ3n) is 4.14. The number of nitrogens with zero attached hydrogens (tertiary/aromatic N) is 3. The van der Waals surface area contributed by atoms with Gasteiger partial charge in [-0.3, -0.25) is 9.36 Å². The van der Waals surface area contributed by atoms with Gasteiger partial charge in [-0.25, -0.2) is 0 Å². The summed E-state index contributed by atoms with van der Waals surface area (Å²) in [5, 5.41) is 11.7. The fourth-order valence-electron chi connectivity index (χ4n) is 2.92. The van der Waals surface area contributed by atoms with Crippen molar-refractivity contribution in [2.75, 3.05) is 0 Å². The summed E-state index contributed by atoms with van der Waals surface area (Å²) in [5.74, 6) is 1.17. The lowest BCUT2D eigenvalue weighted by Crippen LogP contribution is -2.21. The second-order valence-electron chi connectivity index (χ2n) is 5.77. The first-order valence-electron chi connectivity index (χ1n) is 8.07. The molecule has 1 aliphatic rings. The summed E-state index contributed by atoms with van der Waals surface area (Å²) in [6.07, 6.45) is 3.75. The highest BCUT2D eigenvalue weighted by Crippen LogP contribution is 2.35. The van der Waals surface area contributed by atoms with Crippen LogP contribution in [-0.4, -0.2) is 25.8 Å². The van der Waals surface area contributed by atoms with Crippen molar-refractivity contribution in [3.05, 3.63) is 47.8 Å². The van der Waals surface area contributed by atoms with Gasteiger partial charge in [0.2, 0.25) is 0 Å². The summed E-state index contributed by atoms with van der Waals surface area (Å²) < 4.78 is 2.07. The number of carbonyl (C=O) groups is 1. The Morgan fingerprint density at radius 3 is 2.71 bits per heavy atom. The second kappa shape index (κ2) is 6.91. The summed E-state index contributed by atoms with van der Waals surface area (Å²) >= 11 is 3.20. The molecular formula is C18H17N3OS2. The third kappa shape index (κ3) is 3.03. The number of thiophene rings is 1. The average Bonchev–Trinajstić information content (AvgIpc) is 3.27. The number of carbonyl (C=O) groups excluding carboxylic acids is 1. The normalized spacial score (nSPS) is 18.0. The smallest absolute Gasteiger partial charge is 0.196 e. The van der Waals surface area contributed by atoms with Crippen molar-refractivity contribution in [3.63, 3.8) is 0 Å². The molecule has 1 aromatic carbocycles. The molecule has 0 bridgehead atoms. The van der Waals surface area contributed by atoms with Crippen molar-refractivity contribution < 1.29 is 4.79 Å². The minimum absolute atomic E-state index is 0.00148. The van der Waals surface area contributed by atoms with Gasteiger partial charge in [0.25, 0.3) is 0 Å². The predicted octanol–water partition coefficient (Wildman–Crippen LogP) is 4.60.